The second kappa shape index (κ2) is 7.58. The van der Waals surface area contributed by atoms with Crippen molar-refractivity contribution in [2.45, 2.75) is 82.0 Å². The Morgan fingerprint density at radius 1 is 1.08 bits per heavy atom. The Bertz CT molecular complexity index is 429. The molecule has 1 aliphatic carbocycles. The van der Waals surface area contributed by atoms with Gasteiger partial charge in [0.1, 0.15) is 0 Å². The Kier molecular flexibility index (Phi) is 5.67. The second-order valence-corrected chi connectivity index (χ2v) is 8.25. The van der Waals surface area contributed by atoms with Crippen molar-refractivity contribution in [3.8, 4) is 0 Å². The molecule has 0 bridgehead atoms. The standard InChI is InChI=1S/C18H34N4O2/c1-18(8-12-21(13-9-18)17(23)24)22-10-6-14(7-11-22)20-16-5-3-2-4-15(16)19/h14-16,20H,2-13,19H2,1H3,(H,23,24)/t15-,16+/m1/s1. The summed E-state index contributed by atoms with van der Waals surface area (Å²) in [7, 11) is 0. The van der Waals surface area contributed by atoms with E-state index in [0.717, 1.165) is 32.4 Å². The number of nitrogens with zero attached hydrogens (tertiary/aromatic N) is 2. The third kappa shape index (κ3) is 4.03. The maximum Gasteiger partial charge on any atom is 0.407 e. The van der Waals surface area contributed by atoms with Crippen LogP contribution in [0.15, 0.2) is 0 Å². The average molecular weight is 338 g/mol. The lowest BCUT2D eigenvalue weighted by Crippen LogP contribution is -2.59. The van der Waals surface area contributed by atoms with Gasteiger partial charge >= 0.3 is 6.09 Å². The van der Waals surface area contributed by atoms with Crippen LogP contribution in [-0.4, -0.2) is 70.8 Å². The van der Waals surface area contributed by atoms with Crippen LogP contribution in [0.5, 0.6) is 0 Å². The van der Waals surface area contributed by atoms with E-state index in [2.05, 4.69) is 17.1 Å². The molecular formula is C18H34N4O2. The van der Waals surface area contributed by atoms with E-state index in [4.69, 9.17) is 10.8 Å². The predicted octanol–water partition coefficient (Wildman–Crippen LogP) is 1.84. The summed E-state index contributed by atoms with van der Waals surface area (Å²) in [6.07, 6.45) is 8.47. The monoisotopic (exact) mass is 338 g/mol. The maximum atomic E-state index is 11.1. The van der Waals surface area contributed by atoms with Crippen molar-refractivity contribution in [2.24, 2.45) is 5.73 Å². The average Bonchev–Trinajstić information content (AvgIpc) is 2.58. The van der Waals surface area contributed by atoms with Crippen LogP contribution in [0.3, 0.4) is 0 Å². The topological polar surface area (TPSA) is 81.8 Å². The fourth-order valence-corrected chi connectivity index (χ4v) is 4.75. The van der Waals surface area contributed by atoms with Crippen LogP contribution in [0, 0.1) is 0 Å². The first kappa shape index (κ1) is 18.0. The number of hydrogen-bond acceptors (Lipinski definition) is 4. The molecule has 2 atom stereocenters. The van der Waals surface area contributed by atoms with E-state index in [1.165, 1.54) is 32.1 Å². The van der Waals surface area contributed by atoms with Gasteiger partial charge in [-0.05, 0) is 45.4 Å². The summed E-state index contributed by atoms with van der Waals surface area (Å²) in [5.74, 6) is 0. The molecule has 2 saturated heterocycles. The highest BCUT2D eigenvalue weighted by Gasteiger charge is 2.38. The van der Waals surface area contributed by atoms with Crippen LogP contribution >= 0.6 is 0 Å². The summed E-state index contributed by atoms with van der Waals surface area (Å²) in [5.41, 5.74) is 6.44. The number of hydrogen-bond donors (Lipinski definition) is 3. The van der Waals surface area contributed by atoms with E-state index in [1.54, 1.807) is 4.90 Å². The summed E-state index contributed by atoms with van der Waals surface area (Å²) in [4.78, 5) is 15.3. The molecule has 1 saturated carbocycles. The highest BCUT2D eigenvalue weighted by molar-refractivity contribution is 5.65. The van der Waals surface area contributed by atoms with E-state index in [1.807, 2.05) is 0 Å². The Morgan fingerprint density at radius 3 is 2.29 bits per heavy atom. The molecule has 3 aliphatic rings. The maximum absolute atomic E-state index is 11.1. The van der Waals surface area contributed by atoms with Gasteiger partial charge in [0.15, 0.2) is 0 Å². The van der Waals surface area contributed by atoms with Gasteiger partial charge in [-0.1, -0.05) is 12.8 Å². The van der Waals surface area contributed by atoms with Gasteiger partial charge in [-0.3, -0.25) is 4.90 Å². The molecule has 6 nitrogen and oxygen atoms in total. The van der Waals surface area contributed by atoms with Gasteiger partial charge in [0.05, 0.1) is 0 Å². The molecule has 0 aromatic rings. The molecule has 3 rings (SSSR count). The van der Waals surface area contributed by atoms with E-state index in [9.17, 15) is 4.79 Å². The highest BCUT2D eigenvalue weighted by atomic mass is 16.4. The van der Waals surface area contributed by atoms with Gasteiger partial charge < -0.3 is 21.1 Å². The van der Waals surface area contributed by atoms with Gasteiger partial charge in [-0.25, -0.2) is 4.79 Å². The third-order valence-electron chi connectivity index (χ3n) is 6.64. The van der Waals surface area contributed by atoms with Gasteiger partial charge in [-0.15, -0.1) is 0 Å². The number of amides is 1. The largest absolute Gasteiger partial charge is 0.465 e. The summed E-state index contributed by atoms with van der Waals surface area (Å²) >= 11 is 0. The lowest BCUT2D eigenvalue weighted by atomic mass is 9.85. The molecular weight excluding hydrogens is 304 g/mol. The number of nitrogens with two attached hydrogens (primary N) is 1. The van der Waals surface area contributed by atoms with Crippen molar-refractivity contribution in [3.05, 3.63) is 0 Å². The summed E-state index contributed by atoms with van der Waals surface area (Å²) in [5, 5.41) is 13.0. The van der Waals surface area contributed by atoms with E-state index < -0.39 is 6.09 Å². The lowest BCUT2D eigenvalue weighted by Gasteiger charge is -2.49. The van der Waals surface area contributed by atoms with E-state index in [0.29, 0.717) is 31.2 Å². The molecule has 0 spiro atoms. The van der Waals surface area contributed by atoms with Crippen molar-refractivity contribution in [2.75, 3.05) is 26.2 Å². The molecule has 0 unspecified atom stereocenters. The molecule has 3 fully saturated rings. The van der Waals surface area contributed by atoms with Crippen LogP contribution in [0.2, 0.25) is 0 Å². The molecule has 1 amide bonds. The fourth-order valence-electron chi connectivity index (χ4n) is 4.75. The van der Waals surface area contributed by atoms with Gasteiger partial charge in [0.2, 0.25) is 0 Å². The Hall–Kier alpha value is -0.850. The molecule has 6 heteroatoms. The minimum atomic E-state index is -0.774. The van der Waals surface area contributed by atoms with Crippen molar-refractivity contribution >= 4 is 6.09 Å². The number of rotatable bonds is 3. The Morgan fingerprint density at radius 2 is 1.71 bits per heavy atom. The minimum absolute atomic E-state index is 0.165. The number of carboxylic acid groups (broad SMARTS) is 1. The highest BCUT2D eigenvalue weighted by Crippen LogP contribution is 2.31. The Balaban J connectivity index is 1.45. The molecule has 2 aliphatic heterocycles. The first-order valence-electron chi connectivity index (χ1n) is 9.72. The number of nitrogens with one attached hydrogen (secondary N) is 1. The number of carbonyl (C=O) groups is 1. The normalized spacial score (nSPS) is 32.7. The number of piperidine rings is 2. The summed E-state index contributed by atoms with van der Waals surface area (Å²) in [6.45, 7) is 5.88. The van der Waals surface area contributed by atoms with Gasteiger partial charge in [0.25, 0.3) is 0 Å². The predicted molar refractivity (Wildman–Crippen MR) is 95.2 cm³/mol. The van der Waals surface area contributed by atoms with Gasteiger partial charge in [0, 0.05) is 49.8 Å². The van der Waals surface area contributed by atoms with E-state index >= 15 is 0 Å². The molecule has 0 aromatic carbocycles. The van der Waals surface area contributed by atoms with Crippen molar-refractivity contribution in [1.82, 2.24) is 15.1 Å². The Labute approximate surface area is 145 Å². The van der Waals surface area contributed by atoms with Crippen molar-refractivity contribution in [1.29, 1.82) is 0 Å². The number of likely N-dealkylation sites (tertiary alicyclic amines) is 2. The van der Waals surface area contributed by atoms with Crippen LogP contribution in [-0.2, 0) is 0 Å². The van der Waals surface area contributed by atoms with Crippen LogP contribution in [0.4, 0.5) is 4.79 Å². The van der Waals surface area contributed by atoms with Gasteiger partial charge in [-0.2, -0.15) is 0 Å². The third-order valence-corrected chi connectivity index (χ3v) is 6.64. The molecule has 24 heavy (non-hydrogen) atoms. The first-order valence-corrected chi connectivity index (χ1v) is 9.72. The second-order valence-electron chi connectivity index (χ2n) is 8.25. The first-order chi connectivity index (χ1) is 11.5. The minimum Gasteiger partial charge on any atom is -0.465 e. The summed E-state index contributed by atoms with van der Waals surface area (Å²) < 4.78 is 0. The van der Waals surface area contributed by atoms with Crippen molar-refractivity contribution < 1.29 is 9.90 Å². The molecule has 4 N–H and O–H groups in total. The summed E-state index contributed by atoms with van der Waals surface area (Å²) in [6, 6.07) is 1.43. The van der Waals surface area contributed by atoms with Crippen LogP contribution < -0.4 is 11.1 Å². The molecule has 0 radical (unpaired) electrons. The zero-order valence-electron chi connectivity index (χ0n) is 15.0. The van der Waals surface area contributed by atoms with Crippen molar-refractivity contribution in [3.63, 3.8) is 0 Å². The smallest absolute Gasteiger partial charge is 0.407 e. The quantitative estimate of drug-likeness (QED) is 0.731. The molecule has 138 valence electrons. The SMILES string of the molecule is CC1(N2CCC(N[C@H]3CCCC[C@H]3N)CC2)CCN(C(=O)O)CC1. The van der Waals surface area contributed by atoms with Crippen LogP contribution in [0.25, 0.3) is 0 Å². The fraction of sp³-hybridized carbons (Fsp3) is 0.944. The molecule has 0 aromatic heterocycles. The van der Waals surface area contributed by atoms with E-state index in [-0.39, 0.29) is 5.54 Å². The zero-order chi connectivity index (χ0) is 17.2. The molecule has 2 heterocycles. The van der Waals surface area contributed by atoms with Crippen LogP contribution in [0.1, 0.15) is 58.3 Å². The zero-order valence-corrected chi connectivity index (χ0v) is 15.0. The lowest BCUT2D eigenvalue weighted by molar-refractivity contribution is 0.0164.